The van der Waals surface area contributed by atoms with Crippen LogP contribution in [0.15, 0.2) is 88.5 Å². The van der Waals surface area contributed by atoms with Crippen LogP contribution in [0.2, 0.25) is 0 Å². The monoisotopic (exact) mass is 483 g/mol. The predicted molar refractivity (Wildman–Crippen MR) is 143 cm³/mol. The number of thioether (sulfide) groups is 1. The fourth-order valence-electron chi connectivity index (χ4n) is 4.18. The van der Waals surface area contributed by atoms with E-state index in [4.69, 9.17) is 4.42 Å². The minimum absolute atomic E-state index is 0.109. The highest BCUT2D eigenvalue weighted by molar-refractivity contribution is 7.98. The summed E-state index contributed by atoms with van der Waals surface area (Å²) in [6.45, 7) is 6.25. The number of benzene rings is 3. The number of hydrogen-bond donors (Lipinski definition) is 0. The third-order valence-electron chi connectivity index (χ3n) is 6.22. The zero-order valence-electron chi connectivity index (χ0n) is 19.9. The molecule has 0 spiro atoms. The lowest BCUT2D eigenvalue weighted by Crippen LogP contribution is -2.48. The molecule has 5 nitrogen and oxygen atoms in total. The molecule has 1 fully saturated rings. The third-order valence-corrected chi connectivity index (χ3v) is 7.12. The van der Waals surface area contributed by atoms with Gasteiger partial charge >= 0.3 is 0 Å². The van der Waals surface area contributed by atoms with E-state index in [0.717, 1.165) is 60.7 Å². The van der Waals surface area contributed by atoms with Crippen LogP contribution in [-0.2, 0) is 5.75 Å². The van der Waals surface area contributed by atoms with Gasteiger partial charge in [-0.2, -0.15) is 0 Å². The van der Waals surface area contributed by atoms with Crippen molar-refractivity contribution < 1.29 is 9.21 Å². The Bertz CT molecular complexity index is 1310. The molecule has 1 aliphatic rings. The number of oxazole rings is 1. The highest BCUT2D eigenvalue weighted by Gasteiger charge is 2.21. The zero-order valence-corrected chi connectivity index (χ0v) is 20.7. The average molecular weight is 484 g/mol. The minimum atomic E-state index is 0.109. The van der Waals surface area contributed by atoms with Crippen LogP contribution in [-0.4, -0.2) is 53.4 Å². The maximum Gasteiger partial charge on any atom is 0.257 e. The number of aromatic nitrogens is 1. The molecule has 0 atom stereocenters. The summed E-state index contributed by atoms with van der Waals surface area (Å²) in [5.41, 5.74) is 5.97. The molecule has 1 aromatic heterocycles. The Morgan fingerprint density at radius 1 is 1.00 bits per heavy atom. The molecule has 5 rings (SSSR count). The number of carbonyl (C=O) groups excluding carboxylic acids is 1. The molecular weight excluding hydrogens is 454 g/mol. The van der Waals surface area contributed by atoms with Gasteiger partial charge in [-0.25, -0.2) is 4.98 Å². The molecule has 35 heavy (non-hydrogen) atoms. The standard InChI is InChI=1S/C29H29N3O2S/c1-22-9-14-27-26(20-22)30-29(34-27)35-21-24-10-12-25(13-11-24)28(33)32-18-16-31(17-19-32)15-5-8-23-6-3-2-4-7-23/h2-14,20H,15-19,21H2,1H3/b8-5+. The lowest BCUT2D eigenvalue weighted by atomic mass is 10.1. The van der Waals surface area contributed by atoms with E-state index in [-0.39, 0.29) is 5.91 Å². The molecule has 0 aliphatic carbocycles. The number of amides is 1. The Morgan fingerprint density at radius 3 is 2.54 bits per heavy atom. The van der Waals surface area contributed by atoms with Gasteiger partial charge in [0.2, 0.25) is 0 Å². The van der Waals surface area contributed by atoms with Gasteiger partial charge in [-0.1, -0.05) is 72.4 Å². The van der Waals surface area contributed by atoms with Crippen molar-refractivity contribution in [2.24, 2.45) is 0 Å². The van der Waals surface area contributed by atoms with E-state index in [0.29, 0.717) is 5.22 Å². The van der Waals surface area contributed by atoms with Gasteiger partial charge < -0.3 is 9.32 Å². The summed E-state index contributed by atoms with van der Waals surface area (Å²) in [6, 6.07) is 24.3. The first-order chi connectivity index (χ1) is 17.1. The number of fused-ring (bicyclic) bond motifs is 1. The Balaban J connectivity index is 1.10. The van der Waals surface area contributed by atoms with Crippen molar-refractivity contribution >= 4 is 34.8 Å². The lowest BCUT2D eigenvalue weighted by Gasteiger charge is -2.34. The zero-order chi connectivity index (χ0) is 24.0. The van der Waals surface area contributed by atoms with Crippen LogP contribution < -0.4 is 0 Å². The van der Waals surface area contributed by atoms with Crippen LogP contribution in [0.25, 0.3) is 17.2 Å². The Hall–Kier alpha value is -3.35. The lowest BCUT2D eigenvalue weighted by molar-refractivity contribution is 0.0650. The molecule has 1 saturated heterocycles. The number of rotatable bonds is 7. The quantitative estimate of drug-likeness (QED) is 0.306. The summed E-state index contributed by atoms with van der Waals surface area (Å²) in [7, 11) is 0. The molecule has 178 valence electrons. The second kappa shape index (κ2) is 10.9. The molecule has 0 bridgehead atoms. The van der Waals surface area contributed by atoms with Crippen molar-refractivity contribution in [3.8, 4) is 0 Å². The summed E-state index contributed by atoms with van der Waals surface area (Å²) in [5.74, 6) is 0.855. The number of hydrogen-bond acceptors (Lipinski definition) is 5. The largest absolute Gasteiger partial charge is 0.431 e. The van der Waals surface area contributed by atoms with Crippen molar-refractivity contribution in [1.29, 1.82) is 0 Å². The number of aryl methyl sites for hydroxylation is 1. The number of carbonyl (C=O) groups is 1. The molecule has 0 radical (unpaired) electrons. The maximum absolute atomic E-state index is 13.0. The van der Waals surface area contributed by atoms with Gasteiger partial charge in [0, 0.05) is 44.0 Å². The molecule has 2 heterocycles. The molecule has 0 unspecified atom stereocenters. The molecular formula is C29H29N3O2S. The van der Waals surface area contributed by atoms with E-state index >= 15 is 0 Å². The van der Waals surface area contributed by atoms with Gasteiger partial charge in [0.05, 0.1) is 0 Å². The van der Waals surface area contributed by atoms with Crippen molar-refractivity contribution in [1.82, 2.24) is 14.8 Å². The van der Waals surface area contributed by atoms with E-state index < -0.39 is 0 Å². The smallest absolute Gasteiger partial charge is 0.257 e. The normalized spacial score (nSPS) is 14.7. The molecule has 3 aromatic carbocycles. The maximum atomic E-state index is 13.0. The van der Waals surface area contributed by atoms with Crippen molar-refractivity contribution in [3.63, 3.8) is 0 Å². The minimum Gasteiger partial charge on any atom is -0.431 e. The van der Waals surface area contributed by atoms with Gasteiger partial charge in [-0.05, 0) is 47.9 Å². The van der Waals surface area contributed by atoms with Gasteiger partial charge in [0.25, 0.3) is 11.1 Å². The van der Waals surface area contributed by atoms with Gasteiger partial charge in [-0.15, -0.1) is 0 Å². The first-order valence-corrected chi connectivity index (χ1v) is 12.9. The fourth-order valence-corrected chi connectivity index (χ4v) is 4.98. The van der Waals surface area contributed by atoms with Crippen molar-refractivity contribution in [2.75, 3.05) is 32.7 Å². The van der Waals surface area contributed by atoms with Crippen LogP contribution >= 0.6 is 11.8 Å². The molecule has 4 aromatic rings. The highest BCUT2D eigenvalue weighted by atomic mass is 32.2. The first kappa shape index (κ1) is 23.4. The van der Waals surface area contributed by atoms with Gasteiger partial charge in [0.15, 0.2) is 5.58 Å². The van der Waals surface area contributed by atoms with E-state index in [1.54, 1.807) is 11.8 Å². The topological polar surface area (TPSA) is 49.6 Å². The van der Waals surface area contributed by atoms with E-state index in [1.807, 2.05) is 72.5 Å². The summed E-state index contributed by atoms with van der Waals surface area (Å²) in [6.07, 6.45) is 4.36. The second-order valence-electron chi connectivity index (χ2n) is 8.84. The van der Waals surface area contributed by atoms with Crippen LogP contribution in [0.3, 0.4) is 0 Å². The third kappa shape index (κ3) is 6.02. The van der Waals surface area contributed by atoms with Crippen molar-refractivity contribution in [2.45, 2.75) is 17.9 Å². The molecule has 6 heteroatoms. The summed E-state index contributed by atoms with van der Waals surface area (Å²) >= 11 is 1.57. The Labute approximate surface area is 210 Å². The van der Waals surface area contributed by atoms with Crippen LogP contribution in [0, 0.1) is 6.92 Å². The van der Waals surface area contributed by atoms with E-state index in [2.05, 4.69) is 34.2 Å². The Morgan fingerprint density at radius 2 is 1.77 bits per heavy atom. The van der Waals surface area contributed by atoms with Crippen LogP contribution in [0.4, 0.5) is 0 Å². The predicted octanol–water partition coefficient (Wildman–Crippen LogP) is 5.90. The Kier molecular flexibility index (Phi) is 7.31. The van der Waals surface area contributed by atoms with E-state index in [1.165, 1.54) is 11.1 Å². The van der Waals surface area contributed by atoms with Crippen LogP contribution in [0.5, 0.6) is 0 Å². The van der Waals surface area contributed by atoms with Gasteiger partial charge in [-0.3, -0.25) is 9.69 Å². The van der Waals surface area contributed by atoms with Gasteiger partial charge in [0.1, 0.15) is 5.52 Å². The second-order valence-corrected chi connectivity index (χ2v) is 9.77. The SMILES string of the molecule is Cc1ccc2oc(SCc3ccc(C(=O)N4CCN(C/C=C/c5ccccc5)CC4)cc3)nc2c1. The first-order valence-electron chi connectivity index (χ1n) is 12.0. The molecule has 0 N–H and O–H groups in total. The van der Waals surface area contributed by atoms with Crippen molar-refractivity contribution in [3.05, 3.63) is 101 Å². The molecule has 0 saturated carbocycles. The fraction of sp³-hybridized carbons (Fsp3) is 0.241. The van der Waals surface area contributed by atoms with E-state index in [9.17, 15) is 4.79 Å². The number of piperazine rings is 1. The summed E-state index contributed by atoms with van der Waals surface area (Å²) in [4.78, 5) is 21.9. The highest BCUT2D eigenvalue weighted by Crippen LogP contribution is 2.27. The molecule has 1 amide bonds. The average Bonchev–Trinajstić information content (AvgIpc) is 3.30. The summed E-state index contributed by atoms with van der Waals surface area (Å²) < 4.78 is 5.82. The van der Waals surface area contributed by atoms with Crippen LogP contribution in [0.1, 0.15) is 27.0 Å². The number of nitrogens with zero attached hydrogens (tertiary/aromatic N) is 3. The summed E-state index contributed by atoms with van der Waals surface area (Å²) in [5, 5.41) is 0.669. The molecule has 1 aliphatic heterocycles.